The van der Waals surface area contributed by atoms with Gasteiger partial charge in [-0.1, -0.05) is 30.0 Å². The number of anilines is 1. The smallest absolute Gasteiger partial charge is 0.254 e. The van der Waals surface area contributed by atoms with Crippen LogP contribution in [0.15, 0.2) is 47.6 Å². The van der Waals surface area contributed by atoms with E-state index >= 15 is 0 Å². The quantitative estimate of drug-likeness (QED) is 0.276. The lowest BCUT2D eigenvalue weighted by atomic mass is 10.1. The predicted molar refractivity (Wildman–Crippen MR) is 151 cm³/mol. The van der Waals surface area contributed by atoms with Gasteiger partial charge in [-0.25, -0.2) is 9.97 Å². The van der Waals surface area contributed by atoms with Gasteiger partial charge in [0.15, 0.2) is 16.7 Å². The molecule has 0 N–H and O–H groups in total. The van der Waals surface area contributed by atoms with Crippen molar-refractivity contribution in [2.75, 3.05) is 59.0 Å². The van der Waals surface area contributed by atoms with Crippen LogP contribution < -0.4 is 14.4 Å². The highest BCUT2D eigenvalue weighted by molar-refractivity contribution is 7.98. The summed E-state index contributed by atoms with van der Waals surface area (Å²) in [5, 5.41) is 0.728. The average Bonchev–Trinajstić information content (AvgIpc) is 2.96. The fourth-order valence-electron chi connectivity index (χ4n) is 4.35. The Morgan fingerprint density at radius 1 is 1.03 bits per heavy atom. The van der Waals surface area contributed by atoms with Gasteiger partial charge in [-0.15, -0.1) is 0 Å². The molecule has 0 unspecified atom stereocenters. The number of likely N-dealkylation sites (N-methyl/N-ethyl adjacent to an activating group) is 1. The normalized spacial score (nSPS) is 13.3. The van der Waals surface area contributed by atoms with E-state index < -0.39 is 0 Å². The Morgan fingerprint density at radius 3 is 2.53 bits per heavy atom. The lowest BCUT2D eigenvalue weighted by molar-refractivity contribution is 0.0303. The Bertz CT molecular complexity index is 1260. The lowest BCUT2D eigenvalue weighted by Crippen LogP contribution is -2.40. The first-order valence-corrected chi connectivity index (χ1v) is 13.7. The molecule has 0 saturated carbocycles. The molecule has 0 atom stereocenters. The van der Waals surface area contributed by atoms with Crippen molar-refractivity contribution >= 4 is 23.5 Å². The number of aryl methyl sites for hydroxylation is 1. The van der Waals surface area contributed by atoms with Crippen LogP contribution >= 0.6 is 11.8 Å². The number of ether oxygens (including phenoxy) is 3. The zero-order chi connectivity index (χ0) is 27.1. The molecule has 1 amide bonds. The van der Waals surface area contributed by atoms with E-state index in [-0.39, 0.29) is 5.91 Å². The number of amides is 1. The van der Waals surface area contributed by atoms with E-state index in [1.54, 1.807) is 26.0 Å². The fourth-order valence-corrected chi connectivity index (χ4v) is 5.18. The average molecular weight is 537 g/mol. The Labute approximate surface area is 229 Å². The van der Waals surface area contributed by atoms with E-state index in [2.05, 4.69) is 24.9 Å². The van der Waals surface area contributed by atoms with Crippen LogP contribution in [0.2, 0.25) is 0 Å². The number of hydrogen-bond donors (Lipinski definition) is 0. The number of nitrogens with zero attached hydrogens (tertiary/aromatic N) is 4. The van der Waals surface area contributed by atoms with Crippen molar-refractivity contribution in [3.8, 4) is 11.5 Å². The van der Waals surface area contributed by atoms with E-state index in [1.165, 1.54) is 5.56 Å². The van der Waals surface area contributed by atoms with Gasteiger partial charge in [-0.3, -0.25) is 4.79 Å². The monoisotopic (exact) mass is 536 g/mol. The van der Waals surface area contributed by atoms with Gasteiger partial charge in [-0.2, -0.15) is 0 Å². The van der Waals surface area contributed by atoms with Gasteiger partial charge in [0.25, 0.3) is 5.91 Å². The van der Waals surface area contributed by atoms with Crippen molar-refractivity contribution in [1.29, 1.82) is 0 Å². The second kappa shape index (κ2) is 13.0. The number of methoxy groups -OCH3 is 2. The van der Waals surface area contributed by atoms with Crippen molar-refractivity contribution in [2.45, 2.75) is 31.2 Å². The molecule has 2 aromatic carbocycles. The van der Waals surface area contributed by atoms with E-state index in [0.29, 0.717) is 37.6 Å². The summed E-state index contributed by atoms with van der Waals surface area (Å²) in [6.45, 7) is 7.34. The van der Waals surface area contributed by atoms with Gasteiger partial charge in [0.2, 0.25) is 0 Å². The zero-order valence-corrected chi connectivity index (χ0v) is 23.6. The number of morpholine rings is 1. The maximum Gasteiger partial charge on any atom is 0.254 e. The number of hydrogen-bond acceptors (Lipinski definition) is 8. The number of carbonyl (C=O) groups excluding carboxylic acids is 1. The van der Waals surface area contributed by atoms with E-state index in [1.807, 2.05) is 48.2 Å². The van der Waals surface area contributed by atoms with Gasteiger partial charge in [0.1, 0.15) is 5.82 Å². The van der Waals surface area contributed by atoms with Gasteiger partial charge in [-0.05, 0) is 55.7 Å². The molecule has 202 valence electrons. The van der Waals surface area contributed by atoms with E-state index in [0.717, 1.165) is 52.3 Å². The van der Waals surface area contributed by atoms with Crippen molar-refractivity contribution in [2.24, 2.45) is 0 Å². The third-order valence-corrected chi connectivity index (χ3v) is 7.65. The highest BCUT2D eigenvalue weighted by Crippen LogP contribution is 2.29. The van der Waals surface area contributed by atoms with Crippen LogP contribution in [0.5, 0.6) is 11.5 Å². The molecule has 8 nitrogen and oxygen atoms in total. The Hall–Kier alpha value is -3.30. The number of rotatable bonds is 10. The molecule has 1 aliphatic rings. The lowest BCUT2D eigenvalue weighted by Gasteiger charge is -2.27. The topological polar surface area (TPSA) is 77.0 Å². The van der Waals surface area contributed by atoms with Crippen molar-refractivity contribution in [1.82, 2.24) is 14.9 Å². The maximum absolute atomic E-state index is 12.9. The molecule has 9 heteroatoms. The third kappa shape index (κ3) is 6.76. The molecule has 38 heavy (non-hydrogen) atoms. The van der Waals surface area contributed by atoms with Crippen LogP contribution in [0.4, 0.5) is 5.82 Å². The summed E-state index contributed by atoms with van der Waals surface area (Å²) in [4.78, 5) is 26.5. The third-order valence-electron chi connectivity index (χ3n) is 6.73. The Kier molecular flexibility index (Phi) is 9.47. The molecular formula is C29H36N4O4S. The van der Waals surface area contributed by atoms with Crippen molar-refractivity contribution in [3.63, 3.8) is 0 Å². The van der Waals surface area contributed by atoms with E-state index in [9.17, 15) is 4.79 Å². The highest BCUT2D eigenvalue weighted by atomic mass is 32.2. The molecule has 0 bridgehead atoms. The van der Waals surface area contributed by atoms with Crippen LogP contribution in [0, 0.1) is 13.8 Å². The summed E-state index contributed by atoms with van der Waals surface area (Å²) >= 11 is 1.58. The minimum atomic E-state index is 0.0565. The Morgan fingerprint density at radius 2 is 1.79 bits per heavy atom. The van der Waals surface area contributed by atoms with E-state index in [4.69, 9.17) is 24.2 Å². The number of carbonyl (C=O) groups is 1. The van der Waals surface area contributed by atoms with Gasteiger partial charge in [0, 0.05) is 49.3 Å². The van der Waals surface area contributed by atoms with Crippen LogP contribution in [0.25, 0.3) is 0 Å². The molecule has 1 aromatic heterocycles. The number of benzene rings is 2. The largest absolute Gasteiger partial charge is 0.493 e. The molecule has 0 radical (unpaired) electrons. The van der Waals surface area contributed by atoms with Crippen molar-refractivity contribution in [3.05, 3.63) is 70.4 Å². The zero-order valence-electron chi connectivity index (χ0n) is 22.8. The SMILES string of the molecule is COc1ccc(CCN(C)c2nc(SCc3cccc(C(=O)N4CCOCC4)c3)nc(C)c2C)cc1OC. The summed E-state index contributed by atoms with van der Waals surface area (Å²) in [7, 11) is 5.35. The molecule has 2 heterocycles. The van der Waals surface area contributed by atoms with Crippen LogP contribution in [-0.2, 0) is 16.9 Å². The van der Waals surface area contributed by atoms with Gasteiger partial charge >= 0.3 is 0 Å². The van der Waals surface area contributed by atoms with Crippen molar-refractivity contribution < 1.29 is 19.0 Å². The molecule has 1 aliphatic heterocycles. The minimum absolute atomic E-state index is 0.0565. The number of thioether (sulfide) groups is 1. The molecule has 3 aromatic rings. The summed E-state index contributed by atoms with van der Waals surface area (Å²) < 4.78 is 16.2. The molecule has 4 rings (SSSR count). The first-order valence-electron chi connectivity index (χ1n) is 12.8. The summed E-state index contributed by atoms with van der Waals surface area (Å²) in [6, 6.07) is 13.9. The van der Waals surface area contributed by atoms with Gasteiger partial charge in [0.05, 0.1) is 27.4 Å². The maximum atomic E-state index is 12.9. The molecular weight excluding hydrogens is 500 g/mol. The molecule has 0 spiro atoms. The fraction of sp³-hybridized carbons (Fsp3) is 0.414. The Balaban J connectivity index is 1.41. The van der Waals surface area contributed by atoms with Crippen LogP contribution in [-0.4, -0.2) is 74.9 Å². The summed E-state index contributed by atoms with van der Waals surface area (Å²) in [6.07, 6.45) is 0.839. The van der Waals surface area contributed by atoms with Crippen LogP contribution in [0.3, 0.4) is 0 Å². The number of aromatic nitrogens is 2. The molecule has 1 saturated heterocycles. The first kappa shape index (κ1) is 27.7. The highest BCUT2D eigenvalue weighted by Gasteiger charge is 2.19. The second-order valence-electron chi connectivity index (χ2n) is 9.29. The molecule has 0 aliphatic carbocycles. The standard InChI is InChI=1S/C29H36N4O4S/c1-20-21(2)30-29(31-27(20)32(3)12-11-22-9-10-25(35-4)26(18-22)36-5)38-19-23-7-6-8-24(17-23)28(34)33-13-15-37-16-14-33/h6-10,17-18H,11-16,19H2,1-5H3. The van der Waals surface area contributed by atoms with Crippen LogP contribution in [0.1, 0.15) is 32.7 Å². The predicted octanol–water partition coefficient (Wildman–Crippen LogP) is 4.55. The minimum Gasteiger partial charge on any atom is -0.493 e. The molecule has 1 fully saturated rings. The summed E-state index contributed by atoms with van der Waals surface area (Å²) in [5.74, 6) is 3.12. The second-order valence-corrected chi connectivity index (χ2v) is 10.2. The van der Waals surface area contributed by atoms with Gasteiger partial charge < -0.3 is 24.0 Å². The first-order chi connectivity index (χ1) is 18.4. The summed E-state index contributed by atoms with van der Waals surface area (Å²) in [5.41, 5.74) is 4.98.